The van der Waals surface area contributed by atoms with Gasteiger partial charge >= 0.3 is 0 Å². The highest BCUT2D eigenvalue weighted by atomic mass is 35.5. The molecule has 0 bridgehead atoms. The summed E-state index contributed by atoms with van der Waals surface area (Å²) in [4.78, 5) is 3.12. The summed E-state index contributed by atoms with van der Waals surface area (Å²) in [5, 5.41) is 2.76. The number of aryl methyl sites for hydroxylation is 1. The number of hydrogen-bond acceptors (Lipinski definition) is 0. The van der Waals surface area contributed by atoms with Crippen molar-refractivity contribution in [2.45, 2.75) is 13.8 Å². The van der Waals surface area contributed by atoms with Crippen LogP contribution in [-0.4, -0.2) is 4.98 Å². The molecule has 0 atom stereocenters. The van der Waals surface area contributed by atoms with E-state index in [0.29, 0.717) is 5.03 Å². The highest BCUT2D eigenvalue weighted by Crippen LogP contribution is 1.95. The fraction of sp³-hybridized carbons (Fsp3) is 0.200. The molecule has 1 rings (SSSR count). The number of nitrogens with one attached hydrogen (secondary N) is 1. The zero-order valence-electron chi connectivity index (χ0n) is 7.32. The fourth-order valence-electron chi connectivity index (χ4n) is 1.21. The van der Waals surface area contributed by atoms with E-state index >= 15 is 0 Å². The molecule has 2 heteroatoms. The molecule has 0 spiro atoms. The van der Waals surface area contributed by atoms with Crippen LogP contribution in [0, 0.1) is 6.92 Å². The topological polar surface area (TPSA) is 15.8 Å². The number of halogens is 1. The molecule has 0 unspecified atom stereocenters. The van der Waals surface area contributed by atoms with Crippen molar-refractivity contribution < 1.29 is 0 Å². The van der Waals surface area contributed by atoms with Crippen molar-refractivity contribution in [3.8, 4) is 0 Å². The number of aromatic amines is 1. The summed E-state index contributed by atoms with van der Waals surface area (Å²) in [6.45, 7) is 7.67. The minimum Gasteiger partial charge on any atom is -0.361 e. The van der Waals surface area contributed by atoms with Crippen LogP contribution in [0.3, 0.4) is 0 Å². The first-order chi connectivity index (χ1) is 5.65. The quantitative estimate of drug-likeness (QED) is 0.679. The second kappa shape index (κ2) is 3.63. The Kier molecular flexibility index (Phi) is 2.77. The van der Waals surface area contributed by atoms with E-state index in [2.05, 4.69) is 24.6 Å². The van der Waals surface area contributed by atoms with Gasteiger partial charge in [-0.3, -0.25) is 0 Å². The van der Waals surface area contributed by atoms with Crippen LogP contribution in [0.25, 0.3) is 12.2 Å². The van der Waals surface area contributed by atoms with Gasteiger partial charge in [0, 0.05) is 16.6 Å². The van der Waals surface area contributed by atoms with E-state index in [9.17, 15) is 0 Å². The molecule has 1 nitrogen and oxygen atoms in total. The Balaban J connectivity index is 3.46. The molecule has 64 valence electrons. The van der Waals surface area contributed by atoms with E-state index in [1.165, 1.54) is 10.8 Å². The average Bonchev–Trinajstić information content (AvgIpc) is 2.30. The maximum atomic E-state index is 5.67. The van der Waals surface area contributed by atoms with Gasteiger partial charge in [-0.25, -0.2) is 0 Å². The predicted octanol–water partition coefficient (Wildman–Crippen LogP) is 1.66. The molecule has 12 heavy (non-hydrogen) atoms. The molecule has 1 aromatic heterocycles. The van der Waals surface area contributed by atoms with Crippen LogP contribution in [0.15, 0.2) is 17.8 Å². The number of allylic oxidation sites excluding steroid dienone is 1. The lowest BCUT2D eigenvalue weighted by Gasteiger charge is -1.82. The number of aromatic nitrogens is 1. The maximum Gasteiger partial charge on any atom is 0.0468 e. The molecular weight excluding hydrogens is 170 g/mol. The molecule has 0 aliphatic rings. The monoisotopic (exact) mass is 181 g/mol. The number of H-pyrrole nitrogens is 1. The van der Waals surface area contributed by atoms with Gasteiger partial charge in [-0.1, -0.05) is 24.3 Å². The van der Waals surface area contributed by atoms with Gasteiger partial charge in [-0.2, -0.15) is 0 Å². The van der Waals surface area contributed by atoms with Crippen molar-refractivity contribution in [2.24, 2.45) is 0 Å². The molecule has 0 saturated carbocycles. The van der Waals surface area contributed by atoms with E-state index in [1.807, 2.05) is 19.2 Å². The van der Waals surface area contributed by atoms with E-state index < -0.39 is 0 Å². The zero-order chi connectivity index (χ0) is 9.14. The third-order valence-corrected chi connectivity index (χ3v) is 1.86. The smallest absolute Gasteiger partial charge is 0.0468 e. The van der Waals surface area contributed by atoms with Crippen molar-refractivity contribution in [2.75, 3.05) is 0 Å². The van der Waals surface area contributed by atoms with Crippen molar-refractivity contribution in [1.82, 2.24) is 4.98 Å². The second-order valence-electron chi connectivity index (χ2n) is 2.68. The highest BCUT2D eigenvalue weighted by molar-refractivity contribution is 6.33. The van der Waals surface area contributed by atoms with Gasteiger partial charge in [-0.05, 0) is 30.7 Å². The largest absolute Gasteiger partial charge is 0.361 e. The average molecular weight is 182 g/mol. The summed E-state index contributed by atoms with van der Waals surface area (Å²) in [5.41, 5.74) is 1.22. The zero-order valence-corrected chi connectivity index (χ0v) is 8.07. The van der Waals surface area contributed by atoms with E-state index in [1.54, 1.807) is 0 Å². The van der Waals surface area contributed by atoms with E-state index in [0.717, 1.165) is 5.35 Å². The Bertz CT molecular complexity index is 398. The van der Waals surface area contributed by atoms with Crippen molar-refractivity contribution in [3.05, 3.63) is 33.9 Å². The van der Waals surface area contributed by atoms with Gasteiger partial charge in [0.25, 0.3) is 0 Å². The van der Waals surface area contributed by atoms with E-state index in [4.69, 9.17) is 11.6 Å². The third-order valence-electron chi connectivity index (χ3n) is 1.75. The summed E-state index contributed by atoms with van der Waals surface area (Å²) < 4.78 is 0. The van der Waals surface area contributed by atoms with Gasteiger partial charge in [0.2, 0.25) is 0 Å². The molecule has 1 N–H and O–H groups in total. The normalized spacial score (nSPS) is 13.9. The van der Waals surface area contributed by atoms with Crippen LogP contribution in [0.1, 0.15) is 12.5 Å². The first kappa shape index (κ1) is 9.14. The van der Waals surface area contributed by atoms with Crippen molar-refractivity contribution in [3.63, 3.8) is 0 Å². The Hall–Kier alpha value is -0.950. The fourth-order valence-corrected chi connectivity index (χ4v) is 1.32. The van der Waals surface area contributed by atoms with Gasteiger partial charge < -0.3 is 4.98 Å². The molecule has 1 aromatic rings. The molecule has 0 amide bonds. The lowest BCUT2D eigenvalue weighted by atomic mass is 10.3. The van der Waals surface area contributed by atoms with Gasteiger partial charge in [-0.15, -0.1) is 0 Å². The van der Waals surface area contributed by atoms with Gasteiger partial charge in [0.05, 0.1) is 0 Å². The Morgan fingerprint density at radius 1 is 1.67 bits per heavy atom. The van der Waals surface area contributed by atoms with Crippen molar-refractivity contribution in [1.29, 1.82) is 0 Å². The summed E-state index contributed by atoms with van der Waals surface area (Å²) in [7, 11) is 0. The van der Waals surface area contributed by atoms with Gasteiger partial charge in [0.15, 0.2) is 0 Å². The SMILES string of the molecule is C=C(Cl)/C=c1/[nH]cc(C)/c1=C/C. The maximum absolute atomic E-state index is 5.67. The van der Waals surface area contributed by atoms with Crippen LogP contribution in [0.4, 0.5) is 0 Å². The van der Waals surface area contributed by atoms with Crippen LogP contribution in [-0.2, 0) is 0 Å². The Morgan fingerprint density at radius 2 is 2.33 bits per heavy atom. The summed E-state index contributed by atoms with van der Waals surface area (Å²) in [6, 6.07) is 0. The van der Waals surface area contributed by atoms with Crippen molar-refractivity contribution >= 4 is 23.8 Å². The summed E-state index contributed by atoms with van der Waals surface area (Å²) in [5.74, 6) is 0. The Morgan fingerprint density at radius 3 is 2.83 bits per heavy atom. The molecule has 0 saturated heterocycles. The van der Waals surface area contributed by atoms with Crippen LogP contribution >= 0.6 is 11.6 Å². The highest BCUT2D eigenvalue weighted by Gasteiger charge is 1.91. The molecule has 0 aliphatic heterocycles. The predicted molar refractivity (Wildman–Crippen MR) is 54.4 cm³/mol. The third kappa shape index (κ3) is 1.80. The molecule has 0 radical (unpaired) electrons. The molecule has 0 aromatic carbocycles. The number of hydrogen-bond donors (Lipinski definition) is 1. The van der Waals surface area contributed by atoms with Crippen LogP contribution < -0.4 is 10.6 Å². The van der Waals surface area contributed by atoms with E-state index in [-0.39, 0.29) is 0 Å². The molecule has 1 heterocycles. The Labute approximate surface area is 77.1 Å². The summed E-state index contributed by atoms with van der Waals surface area (Å²) >= 11 is 5.67. The minimum atomic E-state index is 0.542. The second-order valence-corrected chi connectivity index (χ2v) is 3.16. The van der Waals surface area contributed by atoms with Gasteiger partial charge in [0.1, 0.15) is 0 Å². The lowest BCUT2D eigenvalue weighted by Crippen LogP contribution is -2.23. The van der Waals surface area contributed by atoms with Crippen LogP contribution in [0.2, 0.25) is 0 Å². The minimum absolute atomic E-state index is 0.542. The first-order valence-electron chi connectivity index (χ1n) is 3.81. The summed E-state index contributed by atoms with van der Waals surface area (Å²) in [6.07, 6.45) is 5.84. The van der Waals surface area contributed by atoms with Crippen LogP contribution in [0.5, 0.6) is 0 Å². The number of rotatable bonds is 1. The first-order valence-corrected chi connectivity index (χ1v) is 4.19. The lowest BCUT2D eigenvalue weighted by molar-refractivity contribution is 1.31. The molecular formula is C10H12ClN. The molecule has 0 aliphatic carbocycles. The molecule has 0 fully saturated rings. The standard InChI is InChI=1S/C10H12ClN/c1-4-9-7(2)6-12-10(9)5-8(3)11/h4-6,12H,3H2,1-2H3/b9-4-,10-5+.